The summed E-state index contributed by atoms with van der Waals surface area (Å²) in [5, 5.41) is 30.0. The van der Waals surface area contributed by atoms with Crippen LogP contribution in [-0.4, -0.2) is 48.6 Å². The normalized spacial score (nSPS) is 11.1. The molecule has 0 saturated carbocycles. The lowest BCUT2D eigenvalue weighted by Gasteiger charge is -2.05. The lowest BCUT2D eigenvalue weighted by molar-refractivity contribution is -0.384. The summed E-state index contributed by atoms with van der Waals surface area (Å²) in [4.78, 5) is 24.4. The summed E-state index contributed by atoms with van der Waals surface area (Å²) in [6, 6.07) is 13.1. The third-order valence-electron chi connectivity index (χ3n) is 4.43. The molecule has 2 aromatic heterocycles. The molecule has 0 aliphatic heterocycles. The van der Waals surface area contributed by atoms with Gasteiger partial charge < -0.3 is 5.73 Å². The van der Waals surface area contributed by atoms with E-state index in [0.29, 0.717) is 5.56 Å². The molecular weight excluding hydrogens is 450 g/mol. The Labute approximate surface area is 189 Å². The minimum Gasteiger partial charge on any atom is -0.378 e. The molecule has 0 aliphatic carbocycles. The third-order valence-corrected chi connectivity index (χ3v) is 5.17. The Bertz CT molecular complexity index is 1330. The van der Waals surface area contributed by atoms with Crippen LogP contribution in [0.25, 0.3) is 17.1 Å². The van der Waals surface area contributed by atoms with Crippen molar-refractivity contribution in [2.75, 3.05) is 12.0 Å². The minimum absolute atomic E-state index is 0.00675. The highest BCUT2D eigenvalue weighted by atomic mass is 32.2. The maximum atomic E-state index is 12.8. The van der Waals surface area contributed by atoms with Crippen molar-refractivity contribution in [1.29, 1.82) is 0 Å². The number of amides is 1. The SMILES string of the molecule is CSc1ccc(C=NNC(=O)c2nnn(-c3nonc3N)c2-c2ccc([N+](=O)[O-])cc2)cc1. The highest BCUT2D eigenvalue weighted by Gasteiger charge is 2.25. The molecule has 1 amide bonds. The molecule has 33 heavy (non-hydrogen) atoms. The number of nitrogen functional groups attached to an aromatic ring is 1. The largest absolute Gasteiger partial charge is 0.378 e. The van der Waals surface area contributed by atoms with Crippen LogP contribution in [0.2, 0.25) is 0 Å². The van der Waals surface area contributed by atoms with Crippen molar-refractivity contribution >= 4 is 35.4 Å². The zero-order chi connectivity index (χ0) is 23.4. The molecule has 3 N–H and O–H groups in total. The summed E-state index contributed by atoms with van der Waals surface area (Å²) in [5.41, 5.74) is 9.29. The van der Waals surface area contributed by atoms with E-state index in [9.17, 15) is 14.9 Å². The van der Waals surface area contributed by atoms with Crippen LogP contribution in [0, 0.1) is 10.1 Å². The van der Waals surface area contributed by atoms with Gasteiger partial charge in [0.25, 0.3) is 11.6 Å². The zero-order valence-electron chi connectivity index (χ0n) is 16.9. The summed E-state index contributed by atoms with van der Waals surface area (Å²) in [6.07, 6.45) is 3.46. The number of nitro benzene ring substituents is 1. The number of non-ortho nitro benzene ring substituents is 1. The van der Waals surface area contributed by atoms with Crippen molar-refractivity contribution in [3.05, 3.63) is 69.9 Å². The van der Waals surface area contributed by atoms with Crippen LogP contribution < -0.4 is 11.2 Å². The molecule has 166 valence electrons. The van der Waals surface area contributed by atoms with Gasteiger partial charge >= 0.3 is 0 Å². The van der Waals surface area contributed by atoms with Gasteiger partial charge in [-0.05, 0) is 46.4 Å². The van der Waals surface area contributed by atoms with Gasteiger partial charge in [-0.2, -0.15) is 9.78 Å². The van der Waals surface area contributed by atoms with E-state index in [4.69, 9.17) is 5.73 Å². The second kappa shape index (κ2) is 9.27. The molecule has 0 bridgehead atoms. The van der Waals surface area contributed by atoms with Crippen molar-refractivity contribution in [3.8, 4) is 17.1 Å². The molecular formula is C19H15N9O4S. The Balaban J connectivity index is 1.66. The highest BCUT2D eigenvalue weighted by molar-refractivity contribution is 7.98. The number of nitrogens with zero attached hydrogens (tertiary/aromatic N) is 7. The molecule has 0 atom stereocenters. The van der Waals surface area contributed by atoms with Crippen LogP contribution >= 0.6 is 11.8 Å². The smallest absolute Gasteiger partial charge is 0.294 e. The van der Waals surface area contributed by atoms with E-state index < -0.39 is 10.8 Å². The summed E-state index contributed by atoms with van der Waals surface area (Å²) < 4.78 is 5.77. The number of aromatic nitrogens is 5. The first-order valence-corrected chi connectivity index (χ1v) is 10.5. The molecule has 2 aromatic carbocycles. The third kappa shape index (κ3) is 4.54. The predicted octanol–water partition coefficient (Wildman–Crippen LogP) is 2.29. The van der Waals surface area contributed by atoms with E-state index in [2.05, 4.69) is 35.8 Å². The van der Waals surface area contributed by atoms with Crippen molar-refractivity contribution in [3.63, 3.8) is 0 Å². The van der Waals surface area contributed by atoms with Gasteiger partial charge in [0.2, 0.25) is 11.6 Å². The predicted molar refractivity (Wildman–Crippen MR) is 119 cm³/mol. The fraction of sp³-hybridized carbons (Fsp3) is 0.0526. The number of rotatable bonds is 7. The Hall–Kier alpha value is -4.59. The van der Waals surface area contributed by atoms with Crippen molar-refractivity contribution in [2.24, 2.45) is 5.10 Å². The van der Waals surface area contributed by atoms with Gasteiger partial charge in [0.15, 0.2) is 5.69 Å². The number of hydrogen-bond donors (Lipinski definition) is 2. The van der Waals surface area contributed by atoms with Gasteiger partial charge in [0.05, 0.1) is 11.1 Å². The molecule has 4 aromatic rings. The Kier molecular flexibility index (Phi) is 6.08. The maximum Gasteiger partial charge on any atom is 0.294 e. The van der Waals surface area contributed by atoms with Gasteiger partial charge in [-0.1, -0.05) is 17.3 Å². The van der Waals surface area contributed by atoms with Crippen LogP contribution in [0.4, 0.5) is 11.5 Å². The molecule has 0 unspecified atom stereocenters. The maximum absolute atomic E-state index is 12.8. The molecule has 0 aliphatic rings. The number of anilines is 1. The second-order valence-electron chi connectivity index (χ2n) is 6.45. The molecule has 14 heteroatoms. The van der Waals surface area contributed by atoms with Gasteiger partial charge in [-0.15, -0.1) is 16.9 Å². The number of nitrogens with two attached hydrogens (primary N) is 1. The van der Waals surface area contributed by atoms with Crippen LogP contribution in [0.1, 0.15) is 16.1 Å². The van der Waals surface area contributed by atoms with Crippen molar-refractivity contribution in [2.45, 2.75) is 4.90 Å². The Morgan fingerprint density at radius 3 is 2.55 bits per heavy atom. The number of carbonyl (C=O) groups excluding carboxylic acids is 1. The molecule has 0 spiro atoms. The fourth-order valence-corrected chi connectivity index (χ4v) is 3.24. The van der Waals surface area contributed by atoms with E-state index in [1.54, 1.807) is 11.8 Å². The van der Waals surface area contributed by atoms with Crippen molar-refractivity contribution in [1.82, 2.24) is 30.7 Å². The topological polar surface area (TPSA) is 180 Å². The van der Waals surface area contributed by atoms with E-state index in [1.165, 1.54) is 30.5 Å². The van der Waals surface area contributed by atoms with Crippen LogP contribution in [0.15, 0.2) is 63.2 Å². The van der Waals surface area contributed by atoms with Crippen molar-refractivity contribution < 1.29 is 14.3 Å². The number of nitro groups is 1. The molecule has 0 radical (unpaired) electrons. The molecule has 0 saturated heterocycles. The lowest BCUT2D eigenvalue weighted by Crippen LogP contribution is -2.19. The average Bonchev–Trinajstić information content (AvgIpc) is 3.45. The standard InChI is InChI=1S/C19H15N9O4S/c1-33-14-8-2-11(3-9-14)10-21-23-19(29)15-16(12-4-6-13(7-5-12)28(30)31)27(26-22-15)18-17(20)24-32-25-18/h2-10H,1H3,(H2,20,24)(H,23,29). The second-order valence-corrected chi connectivity index (χ2v) is 7.33. The minimum atomic E-state index is -0.665. The molecule has 2 heterocycles. The summed E-state index contributed by atoms with van der Waals surface area (Å²) in [5.74, 6) is -0.740. The number of carbonyl (C=O) groups is 1. The van der Waals surface area contributed by atoms with Crippen LogP contribution in [-0.2, 0) is 0 Å². The van der Waals surface area contributed by atoms with E-state index in [-0.39, 0.29) is 28.7 Å². The fourth-order valence-electron chi connectivity index (χ4n) is 2.83. The number of hydrazone groups is 1. The number of thioether (sulfide) groups is 1. The average molecular weight is 465 g/mol. The first-order valence-electron chi connectivity index (χ1n) is 9.24. The lowest BCUT2D eigenvalue weighted by atomic mass is 10.1. The number of nitrogens with one attached hydrogen (secondary N) is 1. The van der Waals surface area contributed by atoms with E-state index >= 15 is 0 Å². The summed E-state index contributed by atoms with van der Waals surface area (Å²) in [7, 11) is 0. The van der Waals surface area contributed by atoms with E-state index in [0.717, 1.165) is 15.1 Å². The Morgan fingerprint density at radius 2 is 1.94 bits per heavy atom. The summed E-state index contributed by atoms with van der Waals surface area (Å²) >= 11 is 1.61. The van der Waals surface area contributed by atoms with E-state index in [1.807, 2.05) is 30.5 Å². The zero-order valence-corrected chi connectivity index (χ0v) is 17.8. The van der Waals surface area contributed by atoms with Gasteiger partial charge in [-0.25, -0.2) is 10.1 Å². The van der Waals surface area contributed by atoms with Gasteiger partial charge in [-0.3, -0.25) is 14.9 Å². The molecule has 0 fully saturated rings. The molecule has 4 rings (SSSR count). The first kappa shape index (κ1) is 21.6. The van der Waals surface area contributed by atoms with Crippen LogP contribution in [0.3, 0.4) is 0 Å². The number of benzene rings is 2. The quantitative estimate of drug-likeness (QED) is 0.178. The molecule has 13 nitrogen and oxygen atoms in total. The van der Waals surface area contributed by atoms with Gasteiger partial charge in [0, 0.05) is 22.6 Å². The van der Waals surface area contributed by atoms with Gasteiger partial charge in [0.1, 0.15) is 5.69 Å². The first-order chi connectivity index (χ1) is 16.0. The monoisotopic (exact) mass is 465 g/mol. The number of hydrogen-bond acceptors (Lipinski definition) is 11. The summed E-state index contributed by atoms with van der Waals surface area (Å²) in [6.45, 7) is 0. The highest BCUT2D eigenvalue weighted by Crippen LogP contribution is 2.28. The Morgan fingerprint density at radius 1 is 1.21 bits per heavy atom. The van der Waals surface area contributed by atoms with Crippen LogP contribution in [0.5, 0.6) is 0 Å².